The summed E-state index contributed by atoms with van der Waals surface area (Å²) in [6.07, 6.45) is 0.181. The lowest BCUT2D eigenvalue weighted by Crippen LogP contribution is -2.46. The highest BCUT2D eigenvalue weighted by Crippen LogP contribution is 2.26. The van der Waals surface area contributed by atoms with Crippen molar-refractivity contribution in [1.29, 1.82) is 0 Å². The van der Waals surface area contributed by atoms with Gasteiger partial charge in [-0.15, -0.1) is 11.6 Å². The van der Waals surface area contributed by atoms with Crippen molar-refractivity contribution in [3.63, 3.8) is 0 Å². The van der Waals surface area contributed by atoms with Crippen molar-refractivity contribution in [3.8, 4) is 0 Å². The van der Waals surface area contributed by atoms with Crippen LogP contribution in [0.3, 0.4) is 0 Å². The molecule has 3 rings (SSSR count). The average molecular weight is 358 g/mol. The Balaban J connectivity index is 1.93. The fraction of sp³-hybridized carbons (Fsp3) is 0.211. The number of methoxy groups -OCH3 is 1. The Bertz CT molecular complexity index is 797. The van der Waals surface area contributed by atoms with Gasteiger partial charge in [0.1, 0.15) is 6.04 Å². The number of imide groups is 1. The lowest BCUT2D eigenvalue weighted by molar-refractivity contribution is -0.145. The van der Waals surface area contributed by atoms with E-state index in [0.29, 0.717) is 17.0 Å². The molecule has 1 aliphatic rings. The normalized spacial score (nSPS) is 14.4. The highest BCUT2D eigenvalue weighted by atomic mass is 35.5. The average Bonchev–Trinajstić information content (AvgIpc) is 2.91. The summed E-state index contributed by atoms with van der Waals surface area (Å²) in [7, 11) is 1.24. The summed E-state index contributed by atoms with van der Waals surface area (Å²) in [6.45, 7) is 0. The molecule has 0 saturated carbocycles. The molecule has 0 aliphatic carbocycles. The maximum Gasteiger partial charge on any atom is 0.329 e. The largest absolute Gasteiger partial charge is 0.467 e. The second-order valence-corrected chi connectivity index (χ2v) is 5.99. The molecule has 1 unspecified atom stereocenters. The van der Waals surface area contributed by atoms with Crippen LogP contribution in [0.15, 0.2) is 48.5 Å². The number of hydrogen-bond acceptors (Lipinski definition) is 4. The third-order valence-electron chi connectivity index (χ3n) is 4.22. The van der Waals surface area contributed by atoms with Crippen LogP contribution in [0.25, 0.3) is 0 Å². The molecule has 0 bridgehead atoms. The molecule has 25 heavy (non-hydrogen) atoms. The van der Waals surface area contributed by atoms with Crippen LogP contribution in [0.5, 0.6) is 0 Å². The van der Waals surface area contributed by atoms with E-state index < -0.39 is 23.8 Å². The summed E-state index contributed by atoms with van der Waals surface area (Å²) < 4.78 is 4.83. The molecular formula is C19H16ClNO4. The number of rotatable bonds is 5. The first-order valence-electron chi connectivity index (χ1n) is 7.75. The first kappa shape index (κ1) is 17.2. The Morgan fingerprint density at radius 1 is 1.00 bits per heavy atom. The van der Waals surface area contributed by atoms with Gasteiger partial charge in [-0.3, -0.25) is 14.5 Å². The third-order valence-corrected chi connectivity index (χ3v) is 4.53. The molecule has 1 heterocycles. The predicted octanol–water partition coefficient (Wildman–Crippen LogP) is 2.81. The first-order chi connectivity index (χ1) is 12.1. The van der Waals surface area contributed by atoms with Crippen LogP contribution in [0, 0.1) is 0 Å². The van der Waals surface area contributed by atoms with Crippen LogP contribution in [0.2, 0.25) is 0 Å². The number of benzene rings is 2. The van der Waals surface area contributed by atoms with Gasteiger partial charge in [-0.2, -0.15) is 0 Å². The highest BCUT2D eigenvalue weighted by Gasteiger charge is 2.43. The number of esters is 1. The summed E-state index contributed by atoms with van der Waals surface area (Å²) >= 11 is 5.78. The van der Waals surface area contributed by atoms with E-state index in [-0.39, 0.29) is 6.42 Å². The number of carbonyl (C=O) groups is 3. The predicted molar refractivity (Wildman–Crippen MR) is 92.4 cm³/mol. The van der Waals surface area contributed by atoms with E-state index in [0.717, 1.165) is 16.0 Å². The SMILES string of the molecule is COC(=O)C(Cc1ccc(CCl)cc1)N1C(=O)c2ccccc2C1=O. The Kier molecular flexibility index (Phi) is 4.86. The maximum atomic E-state index is 12.6. The highest BCUT2D eigenvalue weighted by molar-refractivity contribution is 6.22. The van der Waals surface area contributed by atoms with Crippen molar-refractivity contribution in [2.24, 2.45) is 0 Å². The van der Waals surface area contributed by atoms with E-state index in [9.17, 15) is 14.4 Å². The molecule has 0 radical (unpaired) electrons. The zero-order valence-corrected chi connectivity index (χ0v) is 14.3. The van der Waals surface area contributed by atoms with Crippen molar-refractivity contribution >= 4 is 29.4 Å². The Morgan fingerprint density at radius 2 is 1.52 bits per heavy atom. The van der Waals surface area contributed by atoms with Gasteiger partial charge in [-0.05, 0) is 23.3 Å². The van der Waals surface area contributed by atoms with Crippen molar-refractivity contribution in [1.82, 2.24) is 4.90 Å². The fourth-order valence-corrected chi connectivity index (χ4v) is 3.07. The molecule has 0 saturated heterocycles. The number of ether oxygens (including phenoxy) is 1. The molecule has 2 aromatic carbocycles. The van der Waals surface area contributed by atoms with Gasteiger partial charge in [-0.25, -0.2) is 4.79 Å². The maximum absolute atomic E-state index is 12.6. The van der Waals surface area contributed by atoms with Gasteiger partial charge < -0.3 is 4.74 Å². The molecule has 0 fully saturated rings. The molecule has 2 amide bonds. The van der Waals surface area contributed by atoms with E-state index in [1.54, 1.807) is 24.3 Å². The second-order valence-electron chi connectivity index (χ2n) is 5.72. The topological polar surface area (TPSA) is 63.7 Å². The molecule has 2 aromatic rings. The number of amides is 2. The quantitative estimate of drug-likeness (QED) is 0.469. The summed E-state index contributed by atoms with van der Waals surface area (Å²) in [5, 5.41) is 0. The van der Waals surface area contributed by atoms with Gasteiger partial charge in [-0.1, -0.05) is 36.4 Å². The van der Waals surface area contributed by atoms with Crippen LogP contribution in [0.4, 0.5) is 0 Å². The monoisotopic (exact) mass is 357 g/mol. The van der Waals surface area contributed by atoms with Gasteiger partial charge in [0, 0.05) is 12.3 Å². The van der Waals surface area contributed by atoms with E-state index >= 15 is 0 Å². The van der Waals surface area contributed by atoms with E-state index in [4.69, 9.17) is 16.3 Å². The molecule has 1 aliphatic heterocycles. The van der Waals surface area contributed by atoms with Gasteiger partial charge in [0.15, 0.2) is 0 Å². The summed E-state index contributed by atoms with van der Waals surface area (Å²) in [6, 6.07) is 12.9. The smallest absolute Gasteiger partial charge is 0.329 e. The fourth-order valence-electron chi connectivity index (χ4n) is 2.89. The van der Waals surface area contributed by atoms with Crippen molar-refractivity contribution < 1.29 is 19.1 Å². The zero-order chi connectivity index (χ0) is 18.0. The van der Waals surface area contributed by atoms with Crippen molar-refractivity contribution in [2.75, 3.05) is 7.11 Å². The van der Waals surface area contributed by atoms with Gasteiger partial charge in [0.05, 0.1) is 18.2 Å². The lowest BCUT2D eigenvalue weighted by Gasteiger charge is -2.24. The Hall–Kier alpha value is -2.66. The number of hydrogen-bond donors (Lipinski definition) is 0. The Morgan fingerprint density at radius 3 is 2.00 bits per heavy atom. The molecule has 6 heteroatoms. The standard InChI is InChI=1S/C19H16ClNO4/c1-25-19(24)16(10-12-6-8-13(11-20)9-7-12)21-17(22)14-4-2-3-5-15(14)18(21)23/h2-9,16H,10-11H2,1H3. The van der Waals surface area contributed by atoms with Gasteiger partial charge in [0.2, 0.25) is 0 Å². The number of halogens is 1. The van der Waals surface area contributed by atoms with Crippen LogP contribution in [-0.2, 0) is 21.8 Å². The van der Waals surface area contributed by atoms with Crippen molar-refractivity contribution in [3.05, 3.63) is 70.8 Å². The minimum absolute atomic E-state index is 0.181. The summed E-state index contributed by atoms with van der Waals surface area (Å²) in [5.41, 5.74) is 2.36. The molecule has 0 spiro atoms. The van der Waals surface area contributed by atoms with Crippen LogP contribution in [-0.4, -0.2) is 35.8 Å². The number of alkyl halides is 1. The molecule has 128 valence electrons. The van der Waals surface area contributed by atoms with E-state index in [2.05, 4.69) is 0 Å². The molecule has 0 N–H and O–H groups in total. The molecule has 0 aromatic heterocycles. The van der Waals surface area contributed by atoms with Crippen LogP contribution < -0.4 is 0 Å². The molecule has 5 nitrogen and oxygen atoms in total. The van der Waals surface area contributed by atoms with Crippen LogP contribution >= 0.6 is 11.6 Å². The minimum Gasteiger partial charge on any atom is -0.467 e. The lowest BCUT2D eigenvalue weighted by atomic mass is 10.0. The Labute approximate surface area is 150 Å². The number of carbonyl (C=O) groups excluding carboxylic acids is 3. The van der Waals surface area contributed by atoms with Crippen molar-refractivity contribution in [2.45, 2.75) is 18.3 Å². The minimum atomic E-state index is -1.01. The molecular weight excluding hydrogens is 342 g/mol. The van der Waals surface area contributed by atoms with Gasteiger partial charge in [0.25, 0.3) is 11.8 Å². The summed E-state index contributed by atoms with van der Waals surface area (Å²) in [5.74, 6) is -1.20. The third kappa shape index (κ3) is 3.15. The van der Waals surface area contributed by atoms with E-state index in [1.165, 1.54) is 7.11 Å². The number of nitrogens with zero attached hydrogens (tertiary/aromatic N) is 1. The first-order valence-corrected chi connectivity index (χ1v) is 8.28. The number of fused-ring (bicyclic) bond motifs is 1. The van der Waals surface area contributed by atoms with E-state index in [1.807, 2.05) is 24.3 Å². The van der Waals surface area contributed by atoms with Crippen LogP contribution in [0.1, 0.15) is 31.8 Å². The summed E-state index contributed by atoms with van der Waals surface area (Å²) in [4.78, 5) is 38.6. The van der Waals surface area contributed by atoms with Gasteiger partial charge >= 0.3 is 5.97 Å². The zero-order valence-electron chi connectivity index (χ0n) is 13.6. The molecule has 1 atom stereocenters. The second kappa shape index (κ2) is 7.07.